The zero-order valence-corrected chi connectivity index (χ0v) is 11.7. The Labute approximate surface area is 113 Å². The number of nitrogens with zero attached hydrogens (tertiary/aromatic N) is 3. The molecule has 0 saturated heterocycles. The molecule has 0 spiro atoms. The van der Waals surface area contributed by atoms with Crippen molar-refractivity contribution in [2.45, 2.75) is 27.3 Å². The molecule has 0 bridgehead atoms. The summed E-state index contributed by atoms with van der Waals surface area (Å²) in [5, 5.41) is 3.27. The van der Waals surface area contributed by atoms with Gasteiger partial charge in [-0.25, -0.2) is 9.97 Å². The van der Waals surface area contributed by atoms with Crippen molar-refractivity contribution in [2.75, 3.05) is 12.4 Å². The fourth-order valence-corrected chi connectivity index (χ4v) is 2.04. The molecule has 0 fully saturated rings. The summed E-state index contributed by atoms with van der Waals surface area (Å²) in [5.41, 5.74) is 4.02. The zero-order valence-electron chi connectivity index (χ0n) is 11.7. The summed E-state index contributed by atoms with van der Waals surface area (Å²) in [7, 11) is 1.62. The summed E-state index contributed by atoms with van der Waals surface area (Å²) < 4.78 is 5.31. The Morgan fingerprint density at radius 3 is 2.42 bits per heavy atom. The van der Waals surface area contributed by atoms with Gasteiger partial charge in [-0.15, -0.1) is 0 Å². The molecule has 0 saturated carbocycles. The fourth-order valence-electron chi connectivity index (χ4n) is 2.04. The van der Waals surface area contributed by atoms with Gasteiger partial charge in [-0.05, 0) is 38.5 Å². The molecule has 2 aromatic rings. The Balaban J connectivity index is 2.16. The molecule has 100 valence electrons. The van der Waals surface area contributed by atoms with E-state index in [1.807, 2.05) is 20.8 Å². The van der Waals surface area contributed by atoms with Crippen molar-refractivity contribution in [2.24, 2.45) is 0 Å². The van der Waals surface area contributed by atoms with E-state index in [1.165, 1.54) is 11.9 Å². The minimum Gasteiger partial charge on any atom is -0.491 e. The van der Waals surface area contributed by atoms with Gasteiger partial charge >= 0.3 is 0 Å². The summed E-state index contributed by atoms with van der Waals surface area (Å²) in [5.74, 6) is 1.40. The van der Waals surface area contributed by atoms with E-state index in [2.05, 4.69) is 32.4 Å². The van der Waals surface area contributed by atoms with Crippen LogP contribution in [0, 0.1) is 20.8 Å². The van der Waals surface area contributed by atoms with Crippen molar-refractivity contribution >= 4 is 5.82 Å². The third kappa shape index (κ3) is 3.19. The van der Waals surface area contributed by atoms with Crippen LogP contribution in [0.25, 0.3) is 0 Å². The highest BCUT2D eigenvalue weighted by atomic mass is 16.5. The van der Waals surface area contributed by atoms with Gasteiger partial charge in [0.1, 0.15) is 6.33 Å². The SMILES string of the molecule is COc1c(C)ncnc1NCc1cc(C)nc(C)c1. The maximum Gasteiger partial charge on any atom is 0.182 e. The number of aromatic nitrogens is 3. The lowest BCUT2D eigenvalue weighted by molar-refractivity contribution is 0.409. The second-order valence-electron chi connectivity index (χ2n) is 4.45. The van der Waals surface area contributed by atoms with Gasteiger partial charge in [0.25, 0.3) is 0 Å². The Kier molecular flexibility index (Phi) is 3.94. The molecule has 2 rings (SSSR count). The molecule has 5 nitrogen and oxygen atoms in total. The number of hydrogen-bond donors (Lipinski definition) is 1. The van der Waals surface area contributed by atoms with Crippen LogP contribution < -0.4 is 10.1 Å². The molecule has 19 heavy (non-hydrogen) atoms. The molecule has 0 amide bonds. The number of methoxy groups -OCH3 is 1. The van der Waals surface area contributed by atoms with E-state index in [4.69, 9.17) is 4.74 Å². The first-order valence-corrected chi connectivity index (χ1v) is 6.14. The molecule has 0 radical (unpaired) electrons. The molecule has 2 heterocycles. The van der Waals surface area contributed by atoms with Crippen LogP contribution >= 0.6 is 0 Å². The quantitative estimate of drug-likeness (QED) is 0.912. The van der Waals surface area contributed by atoms with Crippen LogP contribution in [0.3, 0.4) is 0 Å². The maximum atomic E-state index is 5.31. The monoisotopic (exact) mass is 258 g/mol. The fraction of sp³-hybridized carbons (Fsp3) is 0.357. The Morgan fingerprint density at radius 1 is 1.11 bits per heavy atom. The lowest BCUT2D eigenvalue weighted by Crippen LogP contribution is -2.06. The zero-order chi connectivity index (χ0) is 13.8. The Morgan fingerprint density at radius 2 is 1.79 bits per heavy atom. The standard InChI is InChI=1S/C14H18N4O/c1-9-5-12(6-10(2)18-9)7-15-14-13(19-4)11(3)16-8-17-14/h5-6,8H,7H2,1-4H3,(H,15,16,17). The van der Waals surface area contributed by atoms with Crippen molar-refractivity contribution in [3.05, 3.63) is 41.1 Å². The van der Waals surface area contributed by atoms with Crippen molar-refractivity contribution in [3.8, 4) is 5.75 Å². The predicted octanol–water partition coefficient (Wildman–Crippen LogP) is 2.42. The number of nitrogens with one attached hydrogen (secondary N) is 1. The topological polar surface area (TPSA) is 59.9 Å². The lowest BCUT2D eigenvalue weighted by Gasteiger charge is -2.11. The van der Waals surface area contributed by atoms with Gasteiger partial charge in [0.2, 0.25) is 0 Å². The van der Waals surface area contributed by atoms with Gasteiger partial charge in [-0.1, -0.05) is 0 Å². The number of aryl methyl sites for hydroxylation is 3. The number of anilines is 1. The third-order valence-corrected chi connectivity index (χ3v) is 2.79. The van der Waals surface area contributed by atoms with Crippen molar-refractivity contribution in [1.82, 2.24) is 15.0 Å². The number of ether oxygens (including phenoxy) is 1. The Hall–Kier alpha value is -2.17. The normalized spacial score (nSPS) is 10.3. The largest absolute Gasteiger partial charge is 0.491 e. The lowest BCUT2D eigenvalue weighted by atomic mass is 10.2. The first kappa shape index (κ1) is 13.3. The number of hydrogen-bond acceptors (Lipinski definition) is 5. The van der Waals surface area contributed by atoms with Gasteiger partial charge in [-0.3, -0.25) is 4.98 Å². The molecule has 0 unspecified atom stereocenters. The predicted molar refractivity (Wildman–Crippen MR) is 74.4 cm³/mol. The van der Waals surface area contributed by atoms with Crippen molar-refractivity contribution in [1.29, 1.82) is 0 Å². The molecule has 0 aliphatic rings. The van der Waals surface area contributed by atoms with Gasteiger partial charge in [0.05, 0.1) is 12.8 Å². The van der Waals surface area contributed by atoms with Crippen LogP contribution in [-0.4, -0.2) is 22.1 Å². The number of rotatable bonds is 4. The van der Waals surface area contributed by atoms with E-state index in [0.717, 1.165) is 17.1 Å². The molecular formula is C14H18N4O. The van der Waals surface area contributed by atoms with Gasteiger partial charge < -0.3 is 10.1 Å². The Bertz CT molecular complexity index is 563. The minimum atomic E-state index is 0.678. The molecule has 0 aromatic carbocycles. The van der Waals surface area contributed by atoms with Crippen LogP contribution in [0.1, 0.15) is 22.6 Å². The molecular weight excluding hydrogens is 240 g/mol. The second-order valence-corrected chi connectivity index (χ2v) is 4.45. The van der Waals surface area contributed by atoms with Gasteiger partial charge in [-0.2, -0.15) is 0 Å². The summed E-state index contributed by atoms with van der Waals surface area (Å²) in [4.78, 5) is 12.7. The summed E-state index contributed by atoms with van der Waals surface area (Å²) in [6.07, 6.45) is 1.53. The van der Waals surface area contributed by atoms with Gasteiger partial charge in [0, 0.05) is 17.9 Å². The van der Waals surface area contributed by atoms with E-state index in [9.17, 15) is 0 Å². The third-order valence-electron chi connectivity index (χ3n) is 2.79. The minimum absolute atomic E-state index is 0.678. The molecule has 0 aliphatic carbocycles. The van der Waals surface area contributed by atoms with Gasteiger partial charge in [0.15, 0.2) is 11.6 Å². The van der Waals surface area contributed by atoms with E-state index >= 15 is 0 Å². The van der Waals surface area contributed by atoms with E-state index in [-0.39, 0.29) is 0 Å². The first-order chi connectivity index (χ1) is 9.10. The summed E-state index contributed by atoms with van der Waals surface area (Å²) in [6.45, 7) is 6.56. The molecule has 5 heteroatoms. The van der Waals surface area contributed by atoms with Crippen LogP contribution in [0.15, 0.2) is 18.5 Å². The van der Waals surface area contributed by atoms with Crippen molar-refractivity contribution < 1.29 is 4.74 Å². The average molecular weight is 258 g/mol. The van der Waals surface area contributed by atoms with E-state index in [0.29, 0.717) is 18.1 Å². The molecule has 1 N–H and O–H groups in total. The maximum absolute atomic E-state index is 5.31. The van der Waals surface area contributed by atoms with Crippen molar-refractivity contribution in [3.63, 3.8) is 0 Å². The van der Waals surface area contributed by atoms with Crippen LogP contribution in [0.2, 0.25) is 0 Å². The summed E-state index contributed by atoms with van der Waals surface area (Å²) in [6, 6.07) is 4.11. The molecule has 2 aromatic heterocycles. The molecule has 0 aliphatic heterocycles. The molecule has 0 atom stereocenters. The highest BCUT2D eigenvalue weighted by Crippen LogP contribution is 2.24. The van der Waals surface area contributed by atoms with Crippen LogP contribution in [0.5, 0.6) is 5.75 Å². The first-order valence-electron chi connectivity index (χ1n) is 6.14. The highest BCUT2D eigenvalue weighted by molar-refractivity contribution is 5.52. The summed E-state index contributed by atoms with van der Waals surface area (Å²) >= 11 is 0. The van der Waals surface area contributed by atoms with Crippen LogP contribution in [-0.2, 0) is 6.54 Å². The van der Waals surface area contributed by atoms with E-state index in [1.54, 1.807) is 7.11 Å². The second kappa shape index (κ2) is 5.65. The average Bonchev–Trinajstić information content (AvgIpc) is 2.35. The van der Waals surface area contributed by atoms with E-state index < -0.39 is 0 Å². The number of pyridine rings is 1. The smallest absolute Gasteiger partial charge is 0.182 e. The van der Waals surface area contributed by atoms with Crippen LogP contribution in [0.4, 0.5) is 5.82 Å². The highest BCUT2D eigenvalue weighted by Gasteiger charge is 2.08.